The summed E-state index contributed by atoms with van der Waals surface area (Å²) in [5, 5.41) is 0. The molecule has 1 unspecified atom stereocenters. The number of hydrogen-bond acceptors (Lipinski definition) is 3. The van der Waals surface area contributed by atoms with E-state index in [4.69, 9.17) is 4.74 Å². The number of ether oxygens (including phenoxy) is 1. The first-order valence-electron chi connectivity index (χ1n) is 9.85. The molecule has 3 heteroatoms. The lowest BCUT2D eigenvalue weighted by molar-refractivity contribution is 0.0621. The molecule has 3 nitrogen and oxygen atoms in total. The van der Waals surface area contributed by atoms with E-state index in [2.05, 4.69) is 47.9 Å². The molecule has 0 radical (unpaired) electrons. The Morgan fingerprint density at radius 3 is 2.58 bits per heavy atom. The molecular weight excluding hydrogens is 296 g/mol. The molecule has 0 aromatic heterocycles. The number of likely N-dealkylation sites (tertiary alicyclic amines) is 1. The van der Waals surface area contributed by atoms with Crippen molar-refractivity contribution in [2.24, 2.45) is 5.92 Å². The molecular formula is C21H34N2O. The molecule has 0 spiro atoms. The van der Waals surface area contributed by atoms with Gasteiger partial charge in [0.2, 0.25) is 0 Å². The first-order valence-corrected chi connectivity index (χ1v) is 9.85. The summed E-state index contributed by atoms with van der Waals surface area (Å²) in [4.78, 5) is 5.26. The minimum absolute atomic E-state index is 0.492. The van der Waals surface area contributed by atoms with E-state index in [9.17, 15) is 0 Å². The fraction of sp³-hybridized carbons (Fsp3) is 0.714. The third-order valence-corrected chi connectivity index (χ3v) is 5.81. The summed E-state index contributed by atoms with van der Waals surface area (Å²) in [6.45, 7) is 12.7. The van der Waals surface area contributed by atoms with Crippen LogP contribution in [0.5, 0.6) is 0 Å². The Labute approximate surface area is 148 Å². The van der Waals surface area contributed by atoms with Crippen molar-refractivity contribution in [3.8, 4) is 0 Å². The topological polar surface area (TPSA) is 15.7 Å². The third kappa shape index (κ3) is 5.05. The lowest BCUT2D eigenvalue weighted by Crippen LogP contribution is -2.40. The Morgan fingerprint density at radius 2 is 1.92 bits per heavy atom. The van der Waals surface area contributed by atoms with Gasteiger partial charge in [-0.15, -0.1) is 0 Å². The van der Waals surface area contributed by atoms with Gasteiger partial charge >= 0.3 is 0 Å². The maximum atomic E-state index is 5.82. The molecule has 24 heavy (non-hydrogen) atoms. The molecule has 2 aliphatic rings. The molecule has 3 rings (SSSR count). The minimum atomic E-state index is 0.492. The van der Waals surface area contributed by atoms with Crippen LogP contribution >= 0.6 is 0 Å². The van der Waals surface area contributed by atoms with Crippen LogP contribution in [0.4, 0.5) is 0 Å². The van der Waals surface area contributed by atoms with Gasteiger partial charge in [-0.1, -0.05) is 31.2 Å². The van der Waals surface area contributed by atoms with Gasteiger partial charge in [0, 0.05) is 26.2 Å². The highest BCUT2D eigenvalue weighted by Crippen LogP contribution is 2.22. The third-order valence-electron chi connectivity index (χ3n) is 5.81. The van der Waals surface area contributed by atoms with Crippen molar-refractivity contribution in [1.82, 2.24) is 9.80 Å². The predicted octanol–water partition coefficient (Wildman–Crippen LogP) is 3.71. The fourth-order valence-electron chi connectivity index (χ4n) is 4.13. The van der Waals surface area contributed by atoms with E-state index in [0.29, 0.717) is 6.10 Å². The van der Waals surface area contributed by atoms with Gasteiger partial charge in [-0.05, 0) is 69.3 Å². The van der Waals surface area contributed by atoms with Crippen molar-refractivity contribution in [3.05, 3.63) is 35.4 Å². The summed E-state index contributed by atoms with van der Waals surface area (Å²) < 4.78 is 5.82. The predicted molar refractivity (Wildman–Crippen MR) is 100 cm³/mol. The van der Waals surface area contributed by atoms with Gasteiger partial charge < -0.3 is 9.64 Å². The van der Waals surface area contributed by atoms with Gasteiger partial charge in [-0.2, -0.15) is 0 Å². The number of nitrogens with zero attached hydrogens (tertiary/aromatic N) is 2. The minimum Gasteiger partial charge on any atom is -0.377 e. The summed E-state index contributed by atoms with van der Waals surface area (Å²) in [5.41, 5.74) is 2.91. The molecule has 0 aliphatic carbocycles. The standard InChI is InChI=1S/C21H34N2O/c1-3-22(17-21-9-6-14-24-21)15-19-10-12-23(13-11-19)16-20-8-5-4-7-18(20)2/h4-5,7-8,19,21H,3,6,9-17H2,1-2H3. The Hall–Kier alpha value is -0.900. The summed E-state index contributed by atoms with van der Waals surface area (Å²) in [5.74, 6) is 0.861. The van der Waals surface area contributed by atoms with Crippen molar-refractivity contribution in [3.63, 3.8) is 0 Å². The Bertz CT molecular complexity index is 490. The second kappa shape index (κ2) is 8.98. The molecule has 2 aliphatic heterocycles. The highest BCUT2D eigenvalue weighted by Gasteiger charge is 2.24. The van der Waals surface area contributed by atoms with Crippen molar-refractivity contribution in [2.45, 2.75) is 52.2 Å². The van der Waals surface area contributed by atoms with E-state index < -0.39 is 0 Å². The second-order valence-electron chi connectivity index (χ2n) is 7.63. The van der Waals surface area contributed by atoms with E-state index >= 15 is 0 Å². The van der Waals surface area contributed by atoms with E-state index in [1.54, 1.807) is 0 Å². The van der Waals surface area contributed by atoms with Gasteiger partial charge in [0.05, 0.1) is 6.10 Å². The highest BCUT2D eigenvalue weighted by molar-refractivity contribution is 5.25. The van der Waals surface area contributed by atoms with Crippen LogP contribution in [0.15, 0.2) is 24.3 Å². The average Bonchev–Trinajstić information content (AvgIpc) is 3.11. The largest absolute Gasteiger partial charge is 0.377 e. The number of hydrogen-bond donors (Lipinski definition) is 0. The van der Waals surface area contributed by atoms with Crippen LogP contribution in [0.1, 0.15) is 43.7 Å². The molecule has 0 saturated carbocycles. The van der Waals surface area contributed by atoms with Crippen molar-refractivity contribution < 1.29 is 4.74 Å². The first kappa shape index (κ1) is 17.9. The smallest absolute Gasteiger partial charge is 0.0702 e. The van der Waals surface area contributed by atoms with Crippen molar-refractivity contribution in [1.29, 1.82) is 0 Å². The lowest BCUT2D eigenvalue weighted by atomic mass is 9.95. The lowest BCUT2D eigenvalue weighted by Gasteiger charge is -2.35. The van der Waals surface area contributed by atoms with Crippen LogP contribution in [-0.2, 0) is 11.3 Å². The summed E-state index contributed by atoms with van der Waals surface area (Å²) in [6, 6.07) is 8.81. The maximum Gasteiger partial charge on any atom is 0.0702 e. The quantitative estimate of drug-likeness (QED) is 0.758. The van der Waals surface area contributed by atoms with Gasteiger partial charge in [0.15, 0.2) is 0 Å². The Morgan fingerprint density at radius 1 is 1.12 bits per heavy atom. The van der Waals surface area contributed by atoms with E-state index in [0.717, 1.165) is 32.2 Å². The Balaban J connectivity index is 1.41. The number of aryl methyl sites for hydroxylation is 1. The van der Waals surface area contributed by atoms with Crippen LogP contribution in [0, 0.1) is 12.8 Å². The number of likely N-dealkylation sites (N-methyl/N-ethyl adjacent to an activating group) is 1. The van der Waals surface area contributed by atoms with E-state index in [1.807, 2.05) is 0 Å². The summed E-state index contributed by atoms with van der Waals surface area (Å²) in [7, 11) is 0. The SMILES string of the molecule is CCN(CC1CCN(Cc2ccccc2C)CC1)CC1CCCO1. The molecule has 0 bridgehead atoms. The molecule has 1 aromatic carbocycles. The van der Waals surface area contributed by atoms with Gasteiger partial charge in [0.1, 0.15) is 0 Å². The maximum absolute atomic E-state index is 5.82. The number of rotatable bonds is 7. The molecule has 2 heterocycles. The molecule has 2 saturated heterocycles. The van der Waals surface area contributed by atoms with Crippen LogP contribution in [0.25, 0.3) is 0 Å². The molecule has 1 aromatic rings. The van der Waals surface area contributed by atoms with Crippen molar-refractivity contribution >= 4 is 0 Å². The molecule has 134 valence electrons. The second-order valence-corrected chi connectivity index (χ2v) is 7.63. The monoisotopic (exact) mass is 330 g/mol. The molecule has 2 fully saturated rings. The van der Waals surface area contributed by atoms with Crippen LogP contribution < -0.4 is 0 Å². The molecule has 1 atom stereocenters. The zero-order valence-electron chi connectivity index (χ0n) is 15.5. The number of piperidine rings is 1. The van der Waals surface area contributed by atoms with E-state index in [-0.39, 0.29) is 0 Å². The van der Waals surface area contributed by atoms with Gasteiger partial charge in [0.25, 0.3) is 0 Å². The van der Waals surface area contributed by atoms with Gasteiger partial charge in [-0.25, -0.2) is 0 Å². The summed E-state index contributed by atoms with van der Waals surface area (Å²) in [6.07, 6.45) is 5.68. The summed E-state index contributed by atoms with van der Waals surface area (Å²) >= 11 is 0. The zero-order chi connectivity index (χ0) is 16.8. The van der Waals surface area contributed by atoms with Gasteiger partial charge in [-0.3, -0.25) is 4.90 Å². The fourth-order valence-corrected chi connectivity index (χ4v) is 4.13. The van der Waals surface area contributed by atoms with E-state index in [1.165, 1.54) is 56.4 Å². The molecule has 0 N–H and O–H groups in total. The van der Waals surface area contributed by atoms with Crippen molar-refractivity contribution in [2.75, 3.05) is 39.3 Å². The van der Waals surface area contributed by atoms with Crippen LogP contribution in [-0.4, -0.2) is 55.2 Å². The van der Waals surface area contributed by atoms with Crippen LogP contribution in [0.2, 0.25) is 0 Å². The Kier molecular flexibility index (Phi) is 6.70. The first-order chi connectivity index (χ1) is 11.7. The number of benzene rings is 1. The van der Waals surface area contributed by atoms with Crippen LogP contribution in [0.3, 0.4) is 0 Å². The zero-order valence-corrected chi connectivity index (χ0v) is 15.5. The highest BCUT2D eigenvalue weighted by atomic mass is 16.5. The average molecular weight is 331 g/mol. The normalized spacial score (nSPS) is 23.2. The molecule has 0 amide bonds.